The highest BCUT2D eigenvalue weighted by atomic mass is 35.5. The van der Waals surface area contributed by atoms with Crippen LogP contribution in [0.2, 0.25) is 5.02 Å². The number of amides is 1. The van der Waals surface area contributed by atoms with Crippen LogP contribution in [0, 0.1) is 23.7 Å². The first-order valence-corrected chi connectivity index (χ1v) is 20.5. The Bertz CT molecular complexity index is 1610. The van der Waals surface area contributed by atoms with Crippen molar-refractivity contribution in [2.24, 2.45) is 23.7 Å². The van der Waals surface area contributed by atoms with E-state index in [0.717, 1.165) is 94.4 Å². The summed E-state index contributed by atoms with van der Waals surface area (Å²) in [6.07, 6.45) is 8.86. The Balaban J connectivity index is 1.28. The SMILES string of the molecule is C=S1(=O)NC(=O)c2ccc3c(c2)N(C[C@@H]2CC[C@H]2[C@H]([C@@H](C)N2CCOCC2)CCC[C@H](C)[C@H]1C)C[C@@]1(CCCc2cc(Cl)ccc21)CO3. The maximum absolute atomic E-state index is 13.9. The summed E-state index contributed by atoms with van der Waals surface area (Å²) in [5.41, 5.74) is 3.97. The molecule has 7 rings (SSSR count). The van der Waals surface area contributed by atoms with Gasteiger partial charge in [0, 0.05) is 53.5 Å². The Hall–Kier alpha value is -2.26. The molecule has 5 aliphatic rings. The highest BCUT2D eigenvalue weighted by Gasteiger charge is 2.46. The molecule has 9 heteroatoms. The molecule has 1 N–H and O–H groups in total. The van der Waals surface area contributed by atoms with E-state index in [0.29, 0.717) is 36.0 Å². The predicted octanol–water partition coefficient (Wildman–Crippen LogP) is 6.75. The summed E-state index contributed by atoms with van der Waals surface area (Å²) >= 11 is 6.50. The van der Waals surface area contributed by atoms with E-state index in [4.69, 9.17) is 21.1 Å². The molecule has 2 fully saturated rings. The van der Waals surface area contributed by atoms with E-state index in [1.165, 1.54) is 24.0 Å². The summed E-state index contributed by atoms with van der Waals surface area (Å²) in [5.74, 6) is 6.53. The third-order valence-corrected chi connectivity index (χ3v) is 15.3. The Morgan fingerprint density at radius 2 is 1.88 bits per heavy atom. The molecule has 1 saturated carbocycles. The molecule has 0 radical (unpaired) electrons. The fourth-order valence-corrected chi connectivity index (χ4v) is 11.3. The Morgan fingerprint density at radius 3 is 2.65 bits per heavy atom. The van der Waals surface area contributed by atoms with Gasteiger partial charge in [-0.3, -0.25) is 14.4 Å². The third kappa shape index (κ3) is 6.63. The van der Waals surface area contributed by atoms with Crippen molar-refractivity contribution < 1.29 is 18.5 Å². The molecule has 2 aliphatic carbocycles. The molecule has 262 valence electrons. The largest absolute Gasteiger partial charge is 0.490 e. The number of morpholine rings is 1. The molecule has 8 atom stereocenters. The first-order chi connectivity index (χ1) is 23.0. The molecular weight excluding hydrogens is 642 g/mol. The number of benzene rings is 2. The lowest BCUT2D eigenvalue weighted by Gasteiger charge is -2.50. The Morgan fingerprint density at radius 1 is 1.06 bits per heavy atom. The van der Waals surface area contributed by atoms with Gasteiger partial charge in [-0.2, -0.15) is 0 Å². The maximum atomic E-state index is 13.9. The zero-order chi connectivity index (χ0) is 33.6. The summed E-state index contributed by atoms with van der Waals surface area (Å²) in [5, 5.41) is 0.550. The number of halogens is 1. The van der Waals surface area contributed by atoms with Gasteiger partial charge in [0.05, 0.1) is 35.2 Å². The summed E-state index contributed by atoms with van der Waals surface area (Å²) in [6.45, 7) is 12.6. The molecular formula is C39H54ClN3O4S. The number of ether oxygens (including phenoxy) is 2. The van der Waals surface area contributed by atoms with Gasteiger partial charge in [0.15, 0.2) is 0 Å². The van der Waals surface area contributed by atoms with Crippen LogP contribution in [0.25, 0.3) is 0 Å². The van der Waals surface area contributed by atoms with Gasteiger partial charge in [0.2, 0.25) is 0 Å². The number of rotatable bonds is 2. The minimum absolute atomic E-state index is 0.173. The maximum Gasteiger partial charge on any atom is 0.262 e. The molecule has 1 spiro atoms. The second kappa shape index (κ2) is 13.8. The van der Waals surface area contributed by atoms with E-state index in [-0.39, 0.29) is 22.5 Å². The van der Waals surface area contributed by atoms with Crippen molar-refractivity contribution in [3.63, 3.8) is 0 Å². The second-order valence-electron chi connectivity index (χ2n) is 15.6. The first-order valence-electron chi connectivity index (χ1n) is 18.4. The molecule has 2 bridgehead atoms. The molecule has 2 aromatic rings. The van der Waals surface area contributed by atoms with Crippen molar-refractivity contribution in [3.05, 3.63) is 58.1 Å². The van der Waals surface area contributed by atoms with E-state index < -0.39 is 9.71 Å². The van der Waals surface area contributed by atoms with Gasteiger partial charge in [-0.25, -0.2) is 4.21 Å². The minimum atomic E-state index is -2.87. The molecule has 1 unspecified atom stereocenters. The minimum Gasteiger partial charge on any atom is -0.490 e. The quantitative estimate of drug-likeness (QED) is 0.351. The van der Waals surface area contributed by atoms with Gasteiger partial charge >= 0.3 is 0 Å². The number of carbonyl (C=O) groups excluding carboxylic acids is 1. The lowest BCUT2D eigenvalue weighted by atomic mass is 9.63. The van der Waals surface area contributed by atoms with Crippen molar-refractivity contribution in [3.8, 4) is 5.75 Å². The van der Waals surface area contributed by atoms with Gasteiger partial charge in [0.25, 0.3) is 5.91 Å². The number of aryl methyl sites for hydroxylation is 1. The van der Waals surface area contributed by atoms with Gasteiger partial charge in [-0.15, -0.1) is 0 Å². The molecule has 7 nitrogen and oxygen atoms in total. The highest BCUT2D eigenvalue weighted by Crippen LogP contribution is 2.49. The summed E-state index contributed by atoms with van der Waals surface area (Å²) in [6, 6.07) is 12.6. The Kier molecular flexibility index (Phi) is 9.84. The van der Waals surface area contributed by atoms with Crippen LogP contribution in [-0.2, 0) is 26.3 Å². The number of hydrogen-bond donors (Lipinski definition) is 1. The molecule has 0 aromatic heterocycles. The van der Waals surface area contributed by atoms with Crippen LogP contribution < -0.4 is 14.4 Å². The predicted molar refractivity (Wildman–Crippen MR) is 197 cm³/mol. The Labute approximate surface area is 293 Å². The summed E-state index contributed by atoms with van der Waals surface area (Å²) in [7, 11) is -2.87. The van der Waals surface area contributed by atoms with Gasteiger partial charge < -0.3 is 14.4 Å². The van der Waals surface area contributed by atoms with Crippen molar-refractivity contribution in [2.45, 2.75) is 88.8 Å². The molecule has 48 heavy (non-hydrogen) atoms. The number of carbonyl (C=O) groups is 1. The van der Waals surface area contributed by atoms with E-state index in [1.807, 2.05) is 31.2 Å². The smallest absolute Gasteiger partial charge is 0.262 e. The van der Waals surface area contributed by atoms with Gasteiger partial charge in [-0.05, 0) is 130 Å². The van der Waals surface area contributed by atoms with Crippen molar-refractivity contribution in [2.75, 3.05) is 50.9 Å². The monoisotopic (exact) mass is 695 g/mol. The van der Waals surface area contributed by atoms with Crippen LogP contribution in [-0.4, -0.2) is 78.2 Å². The highest BCUT2D eigenvalue weighted by molar-refractivity contribution is 7.99. The lowest BCUT2D eigenvalue weighted by Crippen LogP contribution is -2.52. The molecule has 3 heterocycles. The fraction of sp³-hybridized carbons (Fsp3) is 0.641. The van der Waals surface area contributed by atoms with Crippen LogP contribution in [0.15, 0.2) is 36.4 Å². The van der Waals surface area contributed by atoms with Gasteiger partial charge in [0.1, 0.15) is 5.75 Å². The molecule has 1 amide bonds. The number of hydrogen-bond acceptors (Lipinski definition) is 6. The van der Waals surface area contributed by atoms with E-state index in [2.05, 4.69) is 46.4 Å². The van der Waals surface area contributed by atoms with E-state index in [9.17, 15) is 9.00 Å². The summed E-state index contributed by atoms with van der Waals surface area (Å²) < 4.78 is 29.3. The van der Waals surface area contributed by atoms with E-state index >= 15 is 0 Å². The van der Waals surface area contributed by atoms with Crippen LogP contribution in [0.5, 0.6) is 5.75 Å². The average Bonchev–Trinajstić information content (AvgIpc) is 3.21. The van der Waals surface area contributed by atoms with E-state index in [1.54, 1.807) is 0 Å². The summed E-state index contributed by atoms with van der Waals surface area (Å²) in [4.78, 5) is 18.9. The first kappa shape index (κ1) is 34.2. The third-order valence-electron chi connectivity index (χ3n) is 12.9. The number of anilines is 1. The number of nitrogens with one attached hydrogen (secondary N) is 1. The zero-order valence-electron chi connectivity index (χ0n) is 29.1. The van der Waals surface area contributed by atoms with Crippen LogP contribution >= 0.6 is 11.6 Å². The molecule has 1 saturated heterocycles. The fourth-order valence-electron chi connectivity index (χ4n) is 9.59. The van der Waals surface area contributed by atoms with Crippen molar-refractivity contribution in [1.29, 1.82) is 0 Å². The molecule has 3 aliphatic heterocycles. The topological polar surface area (TPSA) is 71.1 Å². The van der Waals surface area contributed by atoms with Crippen LogP contribution in [0.1, 0.15) is 87.2 Å². The molecule has 2 aromatic carbocycles. The normalized spacial score (nSPS) is 35.3. The standard InChI is InChI=1S/C39H54ClN3O4S/c1-26-7-5-9-33(27(2)42-17-19-46-20-18-42)34-13-10-31(34)23-43-24-39(16-6-8-29-21-32(40)12-14-35(29)39)25-47-37-15-11-30(22-36(37)43)38(44)41-48(4,45)28(26)3/h11-12,14-15,21-22,26-28,31,33-34H,4-10,13,16-20,23-25H2,1-3H3,(H,41,44,45)/t26-,27+,28+,31-,33-,34+,39-,48?/m0/s1. The van der Waals surface area contributed by atoms with Crippen molar-refractivity contribution in [1.82, 2.24) is 9.62 Å². The van der Waals surface area contributed by atoms with Gasteiger partial charge in [-0.1, -0.05) is 31.0 Å². The number of fused-ring (bicyclic) bond motifs is 4. The number of nitrogens with zero attached hydrogens (tertiary/aromatic N) is 2. The second-order valence-corrected chi connectivity index (χ2v) is 18.4. The van der Waals surface area contributed by atoms with Crippen LogP contribution in [0.3, 0.4) is 0 Å². The van der Waals surface area contributed by atoms with Crippen molar-refractivity contribution >= 4 is 38.8 Å². The average molecular weight is 696 g/mol. The zero-order valence-corrected chi connectivity index (χ0v) is 30.6. The van der Waals surface area contributed by atoms with Crippen LogP contribution in [0.4, 0.5) is 5.69 Å². The lowest BCUT2D eigenvalue weighted by molar-refractivity contribution is -0.0220.